The molecule has 0 heterocycles. The van der Waals surface area contributed by atoms with E-state index < -0.39 is 5.97 Å². The van der Waals surface area contributed by atoms with E-state index in [0.717, 1.165) is 38.9 Å². The second kappa shape index (κ2) is 6.21. The number of likely N-dealkylation sites (N-methyl/N-ethyl adjacent to an activating group) is 1. The topological polar surface area (TPSA) is 43.8 Å². The third-order valence-corrected chi connectivity index (χ3v) is 3.17. The summed E-state index contributed by atoms with van der Waals surface area (Å²) in [6, 6.07) is -0.243. The van der Waals surface area contributed by atoms with Gasteiger partial charge in [0.05, 0.1) is 0 Å². The van der Waals surface area contributed by atoms with Crippen molar-refractivity contribution in [3.8, 4) is 0 Å². The molecule has 1 N–H and O–H groups in total. The number of hydrogen-bond acceptors (Lipinski definition) is 3. The van der Waals surface area contributed by atoms with Crippen LogP contribution in [0.5, 0.6) is 0 Å². The summed E-state index contributed by atoms with van der Waals surface area (Å²) < 4.78 is 0. The average molecular weight is 228 g/mol. The number of carbonyl (C=O) groups is 1. The quantitative estimate of drug-likeness (QED) is 0.676. The number of carboxylic acids is 1. The van der Waals surface area contributed by atoms with Gasteiger partial charge in [0.25, 0.3) is 0 Å². The summed E-state index contributed by atoms with van der Waals surface area (Å²) >= 11 is 0. The van der Waals surface area contributed by atoms with Gasteiger partial charge in [-0.3, -0.25) is 9.69 Å². The molecule has 4 nitrogen and oxygen atoms in total. The first-order valence-corrected chi connectivity index (χ1v) is 6.17. The van der Waals surface area contributed by atoms with E-state index in [4.69, 9.17) is 0 Å². The number of aliphatic carboxylic acids is 1. The highest BCUT2D eigenvalue weighted by atomic mass is 16.4. The van der Waals surface area contributed by atoms with Crippen LogP contribution < -0.4 is 0 Å². The molecule has 1 unspecified atom stereocenters. The van der Waals surface area contributed by atoms with E-state index in [1.807, 2.05) is 21.0 Å². The lowest BCUT2D eigenvalue weighted by Crippen LogP contribution is -2.43. The van der Waals surface area contributed by atoms with Gasteiger partial charge in [-0.15, -0.1) is 0 Å². The maximum absolute atomic E-state index is 11.2. The molecule has 0 radical (unpaired) electrons. The van der Waals surface area contributed by atoms with E-state index in [2.05, 4.69) is 9.80 Å². The maximum Gasteiger partial charge on any atom is 0.321 e. The van der Waals surface area contributed by atoms with E-state index in [9.17, 15) is 9.90 Å². The molecular formula is C12H24N2O2. The Morgan fingerprint density at radius 1 is 1.38 bits per heavy atom. The molecule has 0 saturated heterocycles. The molecule has 1 aliphatic rings. The second-order valence-electron chi connectivity index (χ2n) is 4.91. The highest BCUT2D eigenvalue weighted by Gasteiger charge is 2.39. The summed E-state index contributed by atoms with van der Waals surface area (Å²) in [4.78, 5) is 15.5. The van der Waals surface area contributed by atoms with E-state index in [1.165, 1.54) is 0 Å². The van der Waals surface area contributed by atoms with Gasteiger partial charge in [0, 0.05) is 6.54 Å². The van der Waals surface area contributed by atoms with Crippen LogP contribution in [0.25, 0.3) is 0 Å². The summed E-state index contributed by atoms with van der Waals surface area (Å²) in [5.74, 6) is -0.244. The highest BCUT2D eigenvalue weighted by molar-refractivity contribution is 5.74. The first kappa shape index (κ1) is 13.5. The normalized spacial score (nSPS) is 18.1. The number of nitrogens with zero attached hydrogens (tertiary/aromatic N) is 2. The summed E-state index contributed by atoms with van der Waals surface area (Å²) in [5, 5.41) is 9.24. The monoisotopic (exact) mass is 228 g/mol. The van der Waals surface area contributed by atoms with Crippen LogP contribution in [0.4, 0.5) is 0 Å². The Morgan fingerprint density at radius 2 is 2.00 bits per heavy atom. The molecule has 1 rings (SSSR count). The van der Waals surface area contributed by atoms with Crippen molar-refractivity contribution in [2.45, 2.75) is 32.2 Å². The molecule has 1 atom stereocenters. The fourth-order valence-corrected chi connectivity index (χ4v) is 2.15. The molecule has 1 fully saturated rings. The van der Waals surface area contributed by atoms with Crippen molar-refractivity contribution in [3.63, 3.8) is 0 Å². The lowest BCUT2D eigenvalue weighted by Gasteiger charge is -2.28. The van der Waals surface area contributed by atoms with Gasteiger partial charge in [0.15, 0.2) is 0 Å². The fraction of sp³-hybridized carbons (Fsp3) is 0.917. The Balaban J connectivity index is 2.40. The minimum atomic E-state index is -0.644. The van der Waals surface area contributed by atoms with Gasteiger partial charge >= 0.3 is 5.97 Å². The van der Waals surface area contributed by atoms with Crippen LogP contribution in [-0.4, -0.2) is 60.6 Å². The van der Waals surface area contributed by atoms with Crippen molar-refractivity contribution < 1.29 is 9.90 Å². The molecule has 0 amide bonds. The zero-order chi connectivity index (χ0) is 12.1. The van der Waals surface area contributed by atoms with Crippen LogP contribution >= 0.6 is 0 Å². The van der Waals surface area contributed by atoms with Gasteiger partial charge in [0.1, 0.15) is 6.04 Å². The van der Waals surface area contributed by atoms with Crippen LogP contribution in [0.3, 0.4) is 0 Å². The Morgan fingerprint density at radius 3 is 2.38 bits per heavy atom. The Kier molecular flexibility index (Phi) is 5.22. The Hall–Kier alpha value is -0.610. The van der Waals surface area contributed by atoms with Crippen molar-refractivity contribution in [2.75, 3.05) is 33.7 Å². The van der Waals surface area contributed by atoms with E-state index in [0.29, 0.717) is 5.92 Å². The molecule has 16 heavy (non-hydrogen) atoms. The second-order valence-corrected chi connectivity index (χ2v) is 4.91. The van der Waals surface area contributed by atoms with Crippen molar-refractivity contribution in [2.24, 2.45) is 5.92 Å². The van der Waals surface area contributed by atoms with Gasteiger partial charge in [-0.2, -0.15) is 0 Å². The highest BCUT2D eigenvalue weighted by Crippen LogP contribution is 2.35. The maximum atomic E-state index is 11.2. The molecule has 1 saturated carbocycles. The summed E-state index contributed by atoms with van der Waals surface area (Å²) in [6.45, 7) is 4.80. The van der Waals surface area contributed by atoms with Crippen molar-refractivity contribution in [1.82, 2.24) is 9.80 Å². The summed E-state index contributed by atoms with van der Waals surface area (Å²) in [7, 11) is 4.09. The van der Waals surface area contributed by atoms with Crippen molar-refractivity contribution in [1.29, 1.82) is 0 Å². The van der Waals surface area contributed by atoms with Gasteiger partial charge in [-0.1, -0.05) is 6.92 Å². The minimum Gasteiger partial charge on any atom is -0.480 e. The molecule has 0 bridgehead atoms. The molecule has 0 aromatic rings. The van der Waals surface area contributed by atoms with E-state index in [-0.39, 0.29) is 6.04 Å². The van der Waals surface area contributed by atoms with Gasteiger partial charge in [-0.05, 0) is 52.4 Å². The average Bonchev–Trinajstić information content (AvgIpc) is 2.99. The van der Waals surface area contributed by atoms with Crippen molar-refractivity contribution in [3.05, 3.63) is 0 Å². The first-order chi connectivity index (χ1) is 7.56. The SMILES string of the molecule is CCN(CCCN(C)C)C(C(=O)O)C1CC1. The van der Waals surface area contributed by atoms with E-state index in [1.54, 1.807) is 0 Å². The molecule has 4 heteroatoms. The molecule has 0 aromatic carbocycles. The zero-order valence-corrected chi connectivity index (χ0v) is 10.6. The lowest BCUT2D eigenvalue weighted by molar-refractivity contribution is -0.144. The predicted octanol–water partition coefficient (Wildman–Crippen LogP) is 1.12. The predicted molar refractivity (Wildman–Crippen MR) is 64.6 cm³/mol. The Labute approximate surface area is 98.2 Å². The summed E-state index contributed by atoms with van der Waals surface area (Å²) in [5.41, 5.74) is 0. The third-order valence-electron chi connectivity index (χ3n) is 3.17. The molecule has 0 aromatic heterocycles. The molecule has 1 aliphatic carbocycles. The minimum absolute atomic E-state index is 0.243. The summed E-state index contributed by atoms with van der Waals surface area (Å²) in [6.07, 6.45) is 3.21. The number of rotatable bonds is 8. The van der Waals surface area contributed by atoms with Crippen LogP contribution in [0.2, 0.25) is 0 Å². The van der Waals surface area contributed by atoms with Crippen LogP contribution in [-0.2, 0) is 4.79 Å². The standard InChI is InChI=1S/C12H24N2O2/c1-4-14(9-5-8-13(2)3)11(12(15)16)10-6-7-10/h10-11H,4-9H2,1-3H3,(H,15,16). The van der Waals surface area contributed by atoms with Crippen LogP contribution in [0, 0.1) is 5.92 Å². The van der Waals surface area contributed by atoms with Gasteiger partial charge < -0.3 is 10.0 Å². The number of carboxylic acid groups (broad SMARTS) is 1. The van der Waals surface area contributed by atoms with E-state index >= 15 is 0 Å². The Bertz CT molecular complexity index is 227. The van der Waals surface area contributed by atoms with Crippen LogP contribution in [0.1, 0.15) is 26.2 Å². The van der Waals surface area contributed by atoms with Gasteiger partial charge in [-0.25, -0.2) is 0 Å². The lowest BCUT2D eigenvalue weighted by atomic mass is 10.1. The zero-order valence-electron chi connectivity index (χ0n) is 10.6. The van der Waals surface area contributed by atoms with Crippen LogP contribution in [0.15, 0.2) is 0 Å². The molecule has 0 aliphatic heterocycles. The first-order valence-electron chi connectivity index (χ1n) is 6.17. The van der Waals surface area contributed by atoms with Gasteiger partial charge in [0.2, 0.25) is 0 Å². The largest absolute Gasteiger partial charge is 0.480 e. The molecule has 0 spiro atoms. The fourth-order valence-electron chi connectivity index (χ4n) is 2.15. The molecule has 94 valence electrons. The third kappa shape index (κ3) is 4.10. The number of hydrogen-bond donors (Lipinski definition) is 1. The van der Waals surface area contributed by atoms with Crippen molar-refractivity contribution >= 4 is 5.97 Å². The smallest absolute Gasteiger partial charge is 0.321 e. The molecular weight excluding hydrogens is 204 g/mol.